The molecule has 4 nitrogen and oxygen atoms in total. The van der Waals surface area contributed by atoms with E-state index in [1.807, 2.05) is 6.07 Å². The minimum atomic E-state index is -0.105. The van der Waals surface area contributed by atoms with Crippen molar-refractivity contribution in [2.24, 2.45) is 5.92 Å². The number of hydrogen-bond donors (Lipinski definition) is 2. The first-order chi connectivity index (χ1) is 6.81. The number of aromatic nitrogens is 1. The molecule has 2 N–H and O–H groups in total. The number of nitrogens with zero attached hydrogens (tertiary/aromatic N) is 1. The molecule has 1 aliphatic rings. The maximum Gasteiger partial charge on any atom is 0.248 e. The number of aromatic amines is 1. The van der Waals surface area contributed by atoms with E-state index in [4.69, 9.17) is 5.26 Å². The molecule has 14 heavy (non-hydrogen) atoms. The third kappa shape index (κ3) is 1.54. The molecule has 2 rings (SSSR count). The lowest BCUT2D eigenvalue weighted by Crippen LogP contribution is -2.12. The van der Waals surface area contributed by atoms with E-state index in [0.717, 1.165) is 12.1 Å². The van der Waals surface area contributed by atoms with Crippen molar-refractivity contribution in [3.63, 3.8) is 0 Å². The molecule has 0 saturated carbocycles. The van der Waals surface area contributed by atoms with E-state index < -0.39 is 0 Å². The third-order valence-electron chi connectivity index (χ3n) is 2.61. The van der Waals surface area contributed by atoms with Crippen LogP contribution in [-0.4, -0.2) is 18.1 Å². The lowest BCUT2D eigenvalue weighted by atomic mass is 9.91. The van der Waals surface area contributed by atoms with Crippen molar-refractivity contribution < 1.29 is 0 Å². The fourth-order valence-corrected chi connectivity index (χ4v) is 1.86. The Balaban J connectivity index is 2.31. The molecule has 2 atom stereocenters. The summed E-state index contributed by atoms with van der Waals surface area (Å²) >= 11 is 0. The van der Waals surface area contributed by atoms with E-state index in [9.17, 15) is 4.79 Å². The van der Waals surface area contributed by atoms with Crippen molar-refractivity contribution >= 4 is 0 Å². The van der Waals surface area contributed by atoms with Crippen molar-refractivity contribution in [3.8, 4) is 6.07 Å². The second kappa shape index (κ2) is 3.64. The number of nitriles is 1. The van der Waals surface area contributed by atoms with Crippen LogP contribution in [0.4, 0.5) is 0 Å². The zero-order valence-electron chi connectivity index (χ0n) is 7.66. The van der Waals surface area contributed by atoms with Gasteiger partial charge in [-0.2, -0.15) is 5.26 Å². The zero-order valence-corrected chi connectivity index (χ0v) is 7.66. The Morgan fingerprint density at radius 2 is 2.36 bits per heavy atom. The van der Waals surface area contributed by atoms with Crippen LogP contribution >= 0.6 is 0 Å². The minimum absolute atomic E-state index is 0.0169. The third-order valence-corrected chi connectivity index (χ3v) is 2.61. The van der Waals surface area contributed by atoms with Crippen LogP contribution in [-0.2, 0) is 0 Å². The summed E-state index contributed by atoms with van der Waals surface area (Å²) in [5, 5.41) is 12.0. The Kier molecular flexibility index (Phi) is 2.33. The smallest absolute Gasteiger partial charge is 0.248 e. The van der Waals surface area contributed by atoms with Gasteiger partial charge in [0.2, 0.25) is 5.56 Å². The maximum atomic E-state index is 11.1. The van der Waals surface area contributed by atoms with Crippen LogP contribution in [0, 0.1) is 17.2 Å². The fraction of sp³-hybridized carbons (Fsp3) is 0.400. The molecule has 1 fully saturated rings. The summed E-state index contributed by atoms with van der Waals surface area (Å²) in [5.41, 5.74) is 0.844. The monoisotopic (exact) mass is 189 g/mol. The SMILES string of the molecule is N#CC1CNCC1c1cc[nH]c(=O)c1. The molecule has 0 radical (unpaired) electrons. The molecule has 0 amide bonds. The molecule has 4 heteroatoms. The highest BCUT2D eigenvalue weighted by Gasteiger charge is 2.28. The molecule has 1 saturated heterocycles. The van der Waals surface area contributed by atoms with Gasteiger partial charge in [0.15, 0.2) is 0 Å². The molecule has 0 bridgehead atoms. The quantitative estimate of drug-likeness (QED) is 0.663. The van der Waals surface area contributed by atoms with E-state index in [1.165, 1.54) is 0 Å². The summed E-state index contributed by atoms with van der Waals surface area (Å²) in [6, 6.07) is 5.69. The van der Waals surface area contributed by atoms with E-state index in [0.29, 0.717) is 6.54 Å². The molecule has 1 aromatic heterocycles. The number of H-pyrrole nitrogens is 1. The molecular formula is C10H11N3O. The Hall–Kier alpha value is -1.60. The second-order valence-corrected chi connectivity index (χ2v) is 3.49. The van der Waals surface area contributed by atoms with Crippen LogP contribution in [0.1, 0.15) is 11.5 Å². The summed E-state index contributed by atoms with van der Waals surface area (Å²) < 4.78 is 0. The summed E-state index contributed by atoms with van der Waals surface area (Å²) in [4.78, 5) is 13.7. The van der Waals surface area contributed by atoms with Gasteiger partial charge in [0.25, 0.3) is 0 Å². The predicted octanol–water partition coefficient (Wildman–Crippen LogP) is 0.201. The van der Waals surface area contributed by atoms with Gasteiger partial charge in [0, 0.05) is 31.3 Å². The maximum absolute atomic E-state index is 11.1. The fourth-order valence-electron chi connectivity index (χ4n) is 1.86. The van der Waals surface area contributed by atoms with Gasteiger partial charge in [-0.15, -0.1) is 0 Å². The van der Waals surface area contributed by atoms with Gasteiger partial charge in [-0.3, -0.25) is 4.79 Å². The lowest BCUT2D eigenvalue weighted by molar-refractivity contribution is 0.645. The minimum Gasteiger partial charge on any atom is -0.329 e. The average molecular weight is 189 g/mol. The number of rotatable bonds is 1. The summed E-state index contributed by atoms with van der Waals surface area (Å²) in [5.74, 6) is 0.138. The van der Waals surface area contributed by atoms with Crippen molar-refractivity contribution in [2.45, 2.75) is 5.92 Å². The zero-order chi connectivity index (χ0) is 9.97. The largest absolute Gasteiger partial charge is 0.329 e. The van der Waals surface area contributed by atoms with Gasteiger partial charge in [-0.1, -0.05) is 0 Å². The van der Waals surface area contributed by atoms with E-state index in [-0.39, 0.29) is 17.4 Å². The number of pyridine rings is 1. The first kappa shape index (κ1) is 8.97. The highest BCUT2D eigenvalue weighted by Crippen LogP contribution is 2.26. The molecule has 1 aliphatic heterocycles. The molecular weight excluding hydrogens is 178 g/mol. The number of hydrogen-bond acceptors (Lipinski definition) is 3. The van der Waals surface area contributed by atoms with Crippen LogP contribution in [0.3, 0.4) is 0 Å². The van der Waals surface area contributed by atoms with E-state index >= 15 is 0 Å². The molecule has 0 spiro atoms. The standard InChI is InChI=1S/C10H11N3O/c11-4-8-5-12-6-9(8)7-1-2-13-10(14)3-7/h1-3,8-9,12H,5-6H2,(H,13,14). The van der Waals surface area contributed by atoms with Crippen LogP contribution in [0.5, 0.6) is 0 Å². The van der Waals surface area contributed by atoms with Crippen molar-refractivity contribution in [2.75, 3.05) is 13.1 Å². The Morgan fingerprint density at radius 1 is 1.50 bits per heavy atom. The van der Waals surface area contributed by atoms with Gasteiger partial charge in [-0.05, 0) is 11.6 Å². The van der Waals surface area contributed by atoms with Crippen LogP contribution in [0.15, 0.2) is 23.1 Å². The van der Waals surface area contributed by atoms with Crippen LogP contribution in [0.25, 0.3) is 0 Å². The Labute approximate surface area is 81.6 Å². The molecule has 72 valence electrons. The number of nitrogens with one attached hydrogen (secondary N) is 2. The van der Waals surface area contributed by atoms with Gasteiger partial charge >= 0.3 is 0 Å². The summed E-state index contributed by atoms with van der Waals surface area (Å²) in [6.07, 6.45) is 1.63. The summed E-state index contributed by atoms with van der Waals surface area (Å²) in [7, 11) is 0. The highest BCUT2D eigenvalue weighted by molar-refractivity contribution is 5.22. The lowest BCUT2D eigenvalue weighted by Gasteiger charge is -2.11. The van der Waals surface area contributed by atoms with E-state index in [1.54, 1.807) is 12.3 Å². The first-order valence-corrected chi connectivity index (χ1v) is 4.60. The highest BCUT2D eigenvalue weighted by atomic mass is 16.1. The van der Waals surface area contributed by atoms with Gasteiger partial charge in [0.05, 0.1) is 12.0 Å². The second-order valence-electron chi connectivity index (χ2n) is 3.49. The van der Waals surface area contributed by atoms with Gasteiger partial charge in [0.1, 0.15) is 0 Å². The molecule has 0 aromatic carbocycles. The molecule has 2 heterocycles. The summed E-state index contributed by atoms with van der Waals surface area (Å²) in [6.45, 7) is 1.50. The van der Waals surface area contributed by atoms with Gasteiger partial charge < -0.3 is 10.3 Å². The van der Waals surface area contributed by atoms with Gasteiger partial charge in [-0.25, -0.2) is 0 Å². The van der Waals surface area contributed by atoms with Crippen LogP contribution in [0.2, 0.25) is 0 Å². The van der Waals surface area contributed by atoms with E-state index in [2.05, 4.69) is 16.4 Å². The topological polar surface area (TPSA) is 68.7 Å². The Bertz CT molecular complexity index is 418. The molecule has 2 unspecified atom stereocenters. The molecule has 0 aliphatic carbocycles. The van der Waals surface area contributed by atoms with Crippen molar-refractivity contribution in [3.05, 3.63) is 34.2 Å². The van der Waals surface area contributed by atoms with Crippen LogP contribution < -0.4 is 10.9 Å². The normalized spacial score (nSPS) is 25.9. The average Bonchev–Trinajstić information content (AvgIpc) is 2.65. The van der Waals surface area contributed by atoms with Crippen molar-refractivity contribution in [1.82, 2.24) is 10.3 Å². The predicted molar refractivity (Wildman–Crippen MR) is 51.8 cm³/mol. The molecule has 1 aromatic rings. The Morgan fingerprint density at radius 3 is 3.07 bits per heavy atom. The van der Waals surface area contributed by atoms with Crippen molar-refractivity contribution in [1.29, 1.82) is 5.26 Å². The first-order valence-electron chi connectivity index (χ1n) is 4.60.